The zero-order chi connectivity index (χ0) is 13.1. The van der Waals surface area contributed by atoms with Gasteiger partial charge in [0, 0.05) is 19.6 Å². The number of hydrogen-bond acceptors (Lipinski definition) is 4. The van der Waals surface area contributed by atoms with Crippen molar-refractivity contribution < 1.29 is 9.53 Å². The van der Waals surface area contributed by atoms with Gasteiger partial charge in [-0.15, -0.1) is 0 Å². The Labute approximate surface area is 105 Å². The number of ether oxygens (including phenoxy) is 1. The Bertz CT molecular complexity index is 198. The second-order valence-corrected chi connectivity index (χ2v) is 4.43. The van der Waals surface area contributed by atoms with Crippen molar-refractivity contribution in [2.45, 2.75) is 19.8 Å². The molecule has 0 aromatic rings. The molecule has 5 nitrogen and oxygen atoms in total. The molecule has 0 aromatic heterocycles. The average Bonchev–Trinajstić information content (AvgIpc) is 2.29. The molecule has 0 saturated carbocycles. The maximum absolute atomic E-state index is 11.7. The lowest BCUT2D eigenvalue weighted by atomic mass is 10.0. The smallest absolute Gasteiger partial charge is 0.224 e. The number of nitrogens with zero attached hydrogens (tertiary/aromatic N) is 1. The average molecular weight is 245 g/mol. The second kappa shape index (κ2) is 10.5. The van der Waals surface area contributed by atoms with Crippen molar-refractivity contribution in [3.05, 3.63) is 0 Å². The molecule has 3 N–H and O–H groups in total. The predicted molar refractivity (Wildman–Crippen MR) is 69.8 cm³/mol. The number of nitrogens with two attached hydrogens (primary N) is 1. The number of rotatable bonds is 10. The van der Waals surface area contributed by atoms with Gasteiger partial charge in [-0.3, -0.25) is 4.79 Å². The van der Waals surface area contributed by atoms with Crippen LogP contribution in [0.3, 0.4) is 0 Å². The van der Waals surface area contributed by atoms with Gasteiger partial charge in [-0.05, 0) is 20.5 Å². The first kappa shape index (κ1) is 16.4. The van der Waals surface area contributed by atoms with Crippen molar-refractivity contribution in [2.75, 3.05) is 46.9 Å². The van der Waals surface area contributed by atoms with Gasteiger partial charge in [0.05, 0.1) is 19.1 Å². The van der Waals surface area contributed by atoms with Crippen LogP contribution < -0.4 is 11.1 Å². The highest BCUT2D eigenvalue weighted by atomic mass is 16.5. The maximum atomic E-state index is 11.7. The van der Waals surface area contributed by atoms with Gasteiger partial charge in [-0.1, -0.05) is 13.3 Å². The third-order valence-electron chi connectivity index (χ3n) is 2.52. The third-order valence-corrected chi connectivity index (χ3v) is 2.52. The maximum Gasteiger partial charge on any atom is 0.224 e. The number of likely N-dealkylation sites (N-methyl/N-ethyl adjacent to an activating group) is 1. The summed E-state index contributed by atoms with van der Waals surface area (Å²) in [6.07, 6.45) is 1.83. The summed E-state index contributed by atoms with van der Waals surface area (Å²) in [6, 6.07) is 0. The van der Waals surface area contributed by atoms with Crippen LogP contribution in [-0.4, -0.2) is 57.8 Å². The lowest BCUT2D eigenvalue weighted by molar-refractivity contribution is -0.125. The van der Waals surface area contributed by atoms with Crippen LogP contribution in [0.15, 0.2) is 0 Å². The first-order valence-electron chi connectivity index (χ1n) is 6.32. The van der Waals surface area contributed by atoms with Crippen molar-refractivity contribution in [3.63, 3.8) is 0 Å². The Morgan fingerprint density at radius 3 is 2.65 bits per heavy atom. The summed E-state index contributed by atoms with van der Waals surface area (Å²) >= 11 is 0. The molecule has 0 bridgehead atoms. The van der Waals surface area contributed by atoms with Gasteiger partial charge in [0.25, 0.3) is 0 Å². The summed E-state index contributed by atoms with van der Waals surface area (Å²) in [5, 5.41) is 2.85. The molecule has 0 rings (SSSR count). The summed E-state index contributed by atoms with van der Waals surface area (Å²) in [7, 11) is 4.00. The SMILES string of the molecule is CCCC(CN)C(=O)NCCOCCN(C)C. The van der Waals surface area contributed by atoms with Crippen LogP contribution in [0.2, 0.25) is 0 Å². The van der Waals surface area contributed by atoms with Crippen molar-refractivity contribution in [2.24, 2.45) is 11.7 Å². The largest absolute Gasteiger partial charge is 0.378 e. The Balaban J connectivity index is 3.49. The fourth-order valence-corrected chi connectivity index (χ4v) is 1.44. The van der Waals surface area contributed by atoms with Crippen molar-refractivity contribution in [3.8, 4) is 0 Å². The van der Waals surface area contributed by atoms with Crippen LogP contribution in [0, 0.1) is 5.92 Å². The molecule has 5 heteroatoms. The van der Waals surface area contributed by atoms with Crippen molar-refractivity contribution >= 4 is 5.91 Å². The third kappa shape index (κ3) is 9.09. The number of nitrogens with one attached hydrogen (secondary N) is 1. The van der Waals surface area contributed by atoms with Gasteiger partial charge in [0.15, 0.2) is 0 Å². The van der Waals surface area contributed by atoms with E-state index in [-0.39, 0.29) is 11.8 Å². The topological polar surface area (TPSA) is 67.6 Å². The van der Waals surface area contributed by atoms with Crippen LogP contribution in [0.25, 0.3) is 0 Å². The Morgan fingerprint density at radius 1 is 1.41 bits per heavy atom. The van der Waals surface area contributed by atoms with Crippen LogP contribution in [0.1, 0.15) is 19.8 Å². The molecule has 0 spiro atoms. The summed E-state index contributed by atoms with van der Waals surface area (Å²) in [6.45, 7) is 5.18. The summed E-state index contributed by atoms with van der Waals surface area (Å²) < 4.78 is 5.38. The standard InChI is InChI=1S/C12H27N3O2/c1-4-5-11(10-13)12(16)14-6-8-17-9-7-15(2)3/h11H,4-10,13H2,1-3H3,(H,14,16). The Morgan fingerprint density at radius 2 is 2.12 bits per heavy atom. The highest BCUT2D eigenvalue weighted by Gasteiger charge is 2.14. The minimum Gasteiger partial charge on any atom is -0.378 e. The molecule has 0 aliphatic carbocycles. The highest BCUT2D eigenvalue weighted by molar-refractivity contribution is 5.78. The summed E-state index contributed by atoms with van der Waals surface area (Å²) in [5.41, 5.74) is 5.55. The molecule has 0 aliphatic heterocycles. The molecular formula is C12H27N3O2. The van der Waals surface area contributed by atoms with Crippen molar-refractivity contribution in [1.29, 1.82) is 0 Å². The number of hydrogen-bond donors (Lipinski definition) is 2. The monoisotopic (exact) mass is 245 g/mol. The molecule has 0 radical (unpaired) electrons. The van der Waals surface area contributed by atoms with Crippen LogP contribution in [0.5, 0.6) is 0 Å². The quantitative estimate of drug-likeness (QED) is 0.534. The van der Waals surface area contributed by atoms with E-state index in [1.807, 2.05) is 14.1 Å². The van der Waals surface area contributed by atoms with Crippen molar-refractivity contribution in [1.82, 2.24) is 10.2 Å². The van der Waals surface area contributed by atoms with Gasteiger partial charge >= 0.3 is 0 Å². The molecule has 0 aromatic carbocycles. The van der Waals surface area contributed by atoms with E-state index in [1.54, 1.807) is 0 Å². The van der Waals surface area contributed by atoms with Crippen LogP contribution >= 0.6 is 0 Å². The first-order chi connectivity index (χ1) is 8.11. The molecular weight excluding hydrogens is 218 g/mol. The van der Waals surface area contributed by atoms with E-state index in [9.17, 15) is 4.79 Å². The molecule has 1 amide bonds. The first-order valence-corrected chi connectivity index (χ1v) is 6.32. The molecule has 0 fully saturated rings. The number of amides is 1. The van der Waals surface area contributed by atoms with E-state index in [0.29, 0.717) is 26.3 Å². The van der Waals surface area contributed by atoms with Gasteiger partial charge in [0.2, 0.25) is 5.91 Å². The lowest BCUT2D eigenvalue weighted by Gasteiger charge is -2.14. The molecule has 1 unspecified atom stereocenters. The predicted octanol–water partition coefficient (Wildman–Crippen LogP) is 0.0558. The van der Waals surface area contributed by atoms with E-state index >= 15 is 0 Å². The Hall–Kier alpha value is -0.650. The lowest BCUT2D eigenvalue weighted by Crippen LogP contribution is -2.36. The van der Waals surface area contributed by atoms with Gasteiger partial charge in [0.1, 0.15) is 0 Å². The van der Waals surface area contributed by atoms with Gasteiger partial charge < -0.3 is 20.7 Å². The second-order valence-electron chi connectivity index (χ2n) is 4.43. The van der Waals surface area contributed by atoms with Crippen LogP contribution in [-0.2, 0) is 9.53 Å². The molecule has 0 aliphatic rings. The summed E-state index contributed by atoms with van der Waals surface area (Å²) in [5.74, 6) is -0.00710. The zero-order valence-corrected chi connectivity index (χ0v) is 11.4. The van der Waals surface area contributed by atoms with E-state index in [2.05, 4.69) is 17.1 Å². The zero-order valence-electron chi connectivity index (χ0n) is 11.4. The van der Waals surface area contributed by atoms with Crippen LogP contribution in [0.4, 0.5) is 0 Å². The number of carbonyl (C=O) groups is 1. The molecule has 102 valence electrons. The minimum absolute atomic E-state index is 0.0468. The molecule has 0 saturated heterocycles. The normalized spacial score (nSPS) is 12.8. The van der Waals surface area contributed by atoms with E-state index < -0.39 is 0 Å². The molecule has 17 heavy (non-hydrogen) atoms. The van der Waals surface area contributed by atoms with E-state index in [1.165, 1.54) is 0 Å². The van der Waals surface area contributed by atoms with Gasteiger partial charge in [-0.2, -0.15) is 0 Å². The fourth-order valence-electron chi connectivity index (χ4n) is 1.44. The number of carbonyl (C=O) groups excluding carboxylic acids is 1. The van der Waals surface area contributed by atoms with E-state index in [4.69, 9.17) is 10.5 Å². The molecule has 1 atom stereocenters. The fraction of sp³-hybridized carbons (Fsp3) is 0.917. The minimum atomic E-state index is -0.0539. The van der Waals surface area contributed by atoms with E-state index in [0.717, 1.165) is 19.4 Å². The highest BCUT2D eigenvalue weighted by Crippen LogP contribution is 2.03. The Kier molecular flexibility index (Phi) is 10.1. The summed E-state index contributed by atoms with van der Waals surface area (Å²) in [4.78, 5) is 13.7. The van der Waals surface area contributed by atoms with Gasteiger partial charge in [-0.25, -0.2) is 0 Å². The molecule has 0 heterocycles.